The molecule has 0 radical (unpaired) electrons. The normalized spacial score (nSPS) is 19.1. The van der Waals surface area contributed by atoms with E-state index >= 15 is 0 Å². The van der Waals surface area contributed by atoms with Crippen LogP contribution >= 0.6 is 24.0 Å². The van der Waals surface area contributed by atoms with Crippen LogP contribution in [0.4, 0.5) is 0 Å². The molecular weight excluding hydrogens is 515 g/mol. The summed E-state index contributed by atoms with van der Waals surface area (Å²) in [5.41, 5.74) is 2.58. The van der Waals surface area contributed by atoms with E-state index in [-0.39, 0.29) is 24.0 Å². The zero-order valence-electron chi connectivity index (χ0n) is 19.6. The maximum atomic E-state index is 5.40. The predicted molar refractivity (Wildman–Crippen MR) is 142 cm³/mol. The van der Waals surface area contributed by atoms with Gasteiger partial charge < -0.3 is 20.1 Å². The molecule has 32 heavy (non-hydrogen) atoms. The fourth-order valence-corrected chi connectivity index (χ4v) is 4.15. The van der Waals surface area contributed by atoms with Gasteiger partial charge in [0.05, 0.1) is 14.2 Å². The summed E-state index contributed by atoms with van der Waals surface area (Å²) in [6.07, 6.45) is 3.11. The van der Waals surface area contributed by atoms with E-state index in [1.165, 1.54) is 11.1 Å². The molecule has 176 valence electrons. The van der Waals surface area contributed by atoms with Crippen molar-refractivity contribution in [2.24, 2.45) is 4.99 Å². The number of rotatable bonds is 8. The molecule has 0 aromatic heterocycles. The van der Waals surface area contributed by atoms with Crippen molar-refractivity contribution < 1.29 is 9.47 Å². The van der Waals surface area contributed by atoms with Crippen molar-refractivity contribution in [2.45, 2.75) is 44.8 Å². The van der Waals surface area contributed by atoms with E-state index < -0.39 is 0 Å². The predicted octanol–water partition coefficient (Wildman–Crippen LogP) is 4.08. The quantitative estimate of drug-likeness (QED) is 0.294. The summed E-state index contributed by atoms with van der Waals surface area (Å²) in [6, 6.07) is 17.8. The van der Waals surface area contributed by atoms with Gasteiger partial charge in [0.15, 0.2) is 17.5 Å². The molecule has 2 aromatic rings. The first-order chi connectivity index (χ1) is 15.1. The fourth-order valence-electron chi connectivity index (χ4n) is 4.15. The Kier molecular flexibility index (Phi) is 11.1. The second kappa shape index (κ2) is 13.5. The Labute approximate surface area is 209 Å². The Bertz CT molecular complexity index is 847. The molecule has 1 saturated heterocycles. The minimum absolute atomic E-state index is 0. The average Bonchev–Trinajstić information content (AvgIpc) is 2.80. The number of guanidine groups is 1. The monoisotopic (exact) mass is 552 g/mol. The molecular formula is C25H37IN4O2. The molecule has 1 aliphatic rings. The van der Waals surface area contributed by atoms with Crippen LogP contribution in [0.25, 0.3) is 0 Å². The summed E-state index contributed by atoms with van der Waals surface area (Å²) < 4.78 is 10.7. The summed E-state index contributed by atoms with van der Waals surface area (Å²) in [6.45, 7) is 5.24. The number of piperidine rings is 1. The number of nitrogens with zero attached hydrogens (tertiary/aromatic N) is 2. The minimum Gasteiger partial charge on any atom is -0.493 e. The molecule has 6 nitrogen and oxygen atoms in total. The van der Waals surface area contributed by atoms with Crippen LogP contribution in [0.1, 0.15) is 30.9 Å². The van der Waals surface area contributed by atoms with Crippen LogP contribution in [-0.4, -0.2) is 57.3 Å². The number of hydrogen-bond acceptors (Lipinski definition) is 4. The molecule has 1 fully saturated rings. The lowest BCUT2D eigenvalue weighted by Gasteiger charge is -2.38. The smallest absolute Gasteiger partial charge is 0.191 e. The molecule has 0 bridgehead atoms. The summed E-state index contributed by atoms with van der Waals surface area (Å²) in [4.78, 5) is 6.99. The lowest BCUT2D eigenvalue weighted by atomic mass is 9.97. The molecule has 7 heteroatoms. The molecule has 2 N–H and O–H groups in total. The van der Waals surface area contributed by atoms with Crippen molar-refractivity contribution in [3.05, 3.63) is 59.7 Å². The third-order valence-corrected chi connectivity index (χ3v) is 5.96. The molecule has 0 saturated carbocycles. The van der Waals surface area contributed by atoms with Gasteiger partial charge in [0.1, 0.15) is 0 Å². The highest BCUT2D eigenvalue weighted by atomic mass is 127. The molecule has 2 atom stereocenters. The van der Waals surface area contributed by atoms with E-state index in [0.717, 1.165) is 56.4 Å². The first kappa shape index (κ1) is 26.3. The third-order valence-electron chi connectivity index (χ3n) is 5.96. The Morgan fingerprint density at radius 3 is 2.47 bits per heavy atom. The van der Waals surface area contributed by atoms with Gasteiger partial charge in [-0.2, -0.15) is 0 Å². The van der Waals surface area contributed by atoms with Gasteiger partial charge in [0.25, 0.3) is 0 Å². The highest BCUT2D eigenvalue weighted by Gasteiger charge is 2.25. The van der Waals surface area contributed by atoms with Gasteiger partial charge in [-0.3, -0.25) is 9.89 Å². The first-order valence-corrected chi connectivity index (χ1v) is 11.1. The second-order valence-electron chi connectivity index (χ2n) is 8.11. The Morgan fingerprint density at radius 2 is 1.81 bits per heavy atom. The number of halogens is 1. The third kappa shape index (κ3) is 7.55. The lowest BCUT2D eigenvalue weighted by Crippen LogP contribution is -2.51. The van der Waals surface area contributed by atoms with E-state index in [4.69, 9.17) is 9.47 Å². The van der Waals surface area contributed by atoms with Crippen molar-refractivity contribution in [1.29, 1.82) is 0 Å². The van der Waals surface area contributed by atoms with Crippen LogP contribution in [0.5, 0.6) is 11.5 Å². The van der Waals surface area contributed by atoms with Crippen molar-refractivity contribution in [3.8, 4) is 11.5 Å². The number of benzene rings is 2. The van der Waals surface area contributed by atoms with Crippen LogP contribution in [0.15, 0.2) is 53.5 Å². The van der Waals surface area contributed by atoms with E-state index in [1.807, 2.05) is 19.2 Å². The number of aliphatic imine (C=N–C) groups is 1. The minimum atomic E-state index is 0. The number of nitrogens with one attached hydrogen (secondary N) is 2. The summed E-state index contributed by atoms with van der Waals surface area (Å²) in [5.74, 6) is 2.39. The van der Waals surface area contributed by atoms with Crippen LogP contribution in [0.3, 0.4) is 0 Å². The number of hydrogen-bond donors (Lipinski definition) is 2. The summed E-state index contributed by atoms with van der Waals surface area (Å²) >= 11 is 0. The van der Waals surface area contributed by atoms with E-state index in [0.29, 0.717) is 12.1 Å². The molecule has 0 amide bonds. The van der Waals surface area contributed by atoms with Gasteiger partial charge >= 0.3 is 0 Å². The molecule has 1 heterocycles. The topological polar surface area (TPSA) is 58.1 Å². The largest absolute Gasteiger partial charge is 0.493 e. The molecule has 2 aromatic carbocycles. The molecule has 3 rings (SSSR count). The van der Waals surface area contributed by atoms with Crippen molar-refractivity contribution in [3.63, 3.8) is 0 Å². The van der Waals surface area contributed by atoms with E-state index in [1.54, 1.807) is 14.2 Å². The van der Waals surface area contributed by atoms with Gasteiger partial charge in [0, 0.05) is 38.8 Å². The van der Waals surface area contributed by atoms with Crippen LogP contribution in [-0.2, 0) is 13.0 Å². The lowest BCUT2D eigenvalue weighted by molar-refractivity contribution is 0.134. The van der Waals surface area contributed by atoms with Crippen LogP contribution < -0.4 is 20.1 Å². The highest BCUT2D eigenvalue weighted by Crippen LogP contribution is 2.27. The number of methoxy groups -OCH3 is 2. The van der Waals surface area contributed by atoms with Crippen molar-refractivity contribution >= 4 is 29.9 Å². The van der Waals surface area contributed by atoms with Gasteiger partial charge in [-0.05, 0) is 49.4 Å². The summed E-state index contributed by atoms with van der Waals surface area (Å²) in [7, 11) is 5.15. The van der Waals surface area contributed by atoms with Crippen LogP contribution in [0, 0.1) is 0 Å². The zero-order valence-corrected chi connectivity index (χ0v) is 22.0. The van der Waals surface area contributed by atoms with Crippen molar-refractivity contribution in [2.75, 3.05) is 34.4 Å². The SMILES string of the molecule is CN=C(NCCc1ccc(OC)c(OC)c1)NC1CCN(Cc2ccccc2)C(C)C1.I. The Hall–Kier alpha value is -2.00. The average molecular weight is 553 g/mol. The van der Waals surface area contributed by atoms with Gasteiger partial charge in [0.2, 0.25) is 0 Å². The number of likely N-dealkylation sites (tertiary alicyclic amines) is 1. The van der Waals surface area contributed by atoms with Crippen LogP contribution in [0.2, 0.25) is 0 Å². The fraction of sp³-hybridized carbons (Fsp3) is 0.480. The Balaban J connectivity index is 0.00000363. The van der Waals surface area contributed by atoms with Crippen molar-refractivity contribution in [1.82, 2.24) is 15.5 Å². The van der Waals surface area contributed by atoms with Gasteiger partial charge in [-0.1, -0.05) is 36.4 Å². The molecule has 0 spiro atoms. The number of ether oxygens (including phenoxy) is 2. The van der Waals surface area contributed by atoms with Gasteiger partial charge in [-0.15, -0.1) is 24.0 Å². The standard InChI is InChI=1S/C25H36N4O2.HI/c1-19-16-22(13-15-29(19)18-21-8-6-5-7-9-21)28-25(26-2)27-14-12-20-10-11-23(30-3)24(17-20)31-4;/h5-11,17,19,22H,12-16,18H2,1-4H3,(H2,26,27,28);1H. The second-order valence-corrected chi connectivity index (χ2v) is 8.11. The first-order valence-electron chi connectivity index (χ1n) is 11.1. The highest BCUT2D eigenvalue weighted by molar-refractivity contribution is 14.0. The van der Waals surface area contributed by atoms with E-state index in [2.05, 4.69) is 63.8 Å². The van der Waals surface area contributed by atoms with E-state index in [9.17, 15) is 0 Å². The molecule has 1 aliphatic heterocycles. The molecule has 2 unspecified atom stereocenters. The maximum Gasteiger partial charge on any atom is 0.191 e. The Morgan fingerprint density at radius 1 is 1.06 bits per heavy atom. The van der Waals surface area contributed by atoms with Gasteiger partial charge in [-0.25, -0.2) is 0 Å². The maximum absolute atomic E-state index is 5.40. The zero-order chi connectivity index (χ0) is 22.1. The molecule has 0 aliphatic carbocycles. The summed E-state index contributed by atoms with van der Waals surface area (Å²) in [5, 5.41) is 7.07.